The summed E-state index contributed by atoms with van der Waals surface area (Å²) in [5, 5.41) is 13.6. The number of benzene rings is 1. The quantitative estimate of drug-likeness (QED) is 0.863. The highest BCUT2D eigenvalue weighted by molar-refractivity contribution is 5.94. The maximum atomic E-state index is 12.8. The summed E-state index contributed by atoms with van der Waals surface area (Å²) in [5.74, 6) is -0.0142. The molecule has 4 rings (SSSR count). The van der Waals surface area contributed by atoms with Crippen molar-refractivity contribution in [2.45, 2.75) is 24.9 Å². The van der Waals surface area contributed by atoms with Crippen LogP contribution in [0.25, 0.3) is 5.69 Å². The van der Waals surface area contributed by atoms with E-state index in [1.807, 2.05) is 36.5 Å². The molecule has 1 unspecified atom stereocenters. The summed E-state index contributed by atoms with van der Waals surface area (Å²) in [6.07, 6.45) is 5.92. The Labute approximate surface area is 140 Å². The fourth-order valence-corrected chi connectivity index (χ4v) is 3.33. The average Bonchev–Trinajstić information content (AvgIpc) is 3.33. The highest BCUT2D eigenvalue weighted by Gasteiger charge is 2.38. The molecule has 24 heavy (non-hydrogen) atoms. The summed E-state index contributed by atoms with van der Waals surface area (Å²) < 4.78 is 1.74. The van der Waals surface area contributed by atoms with Gasteiger partial charge in [0.1, 0.15) is 6.04 Å². The van der Waals surface area contributed by atoms with E-state index in [0.717, 1.165) is 12.2 Å². The third-order valence-electron chi connectivity index (χ3n) is 4.74. The molecule has 0 N–H and O–H groups in total. The van der Waals surface area contributed by atoms with Crippen molar-refractivity contribution in [2.75, 3.05) is 19.6 Å². The van der Waals surface area contributed by atoms with E-state index in [-0.39, 0.29) is 11.9 Å². The molecule has 1 aromatic heterocycles. The van der Waals surface area contributed by atoms with Crippen molar-refractivity contribution >= 4 is 5.91 Å². The van der Waals surface area contributed by atoms with Crippen LogP contribution >= 0.6 is 0 Å². The number of aromatic nitrogens is 2. The summed E-state index contributed by atoms with van der Waals surface area (Å²) >= 11 is 0. The summed E-state index contributed by atoms with van der Waals surface area (Å²) in [5.41, 5.74) is 1.50. The van der Waals surface area contributed by atoms with Gasteiger partial charge in [0.2, 0.25) is 0 Å². The molecule has 1 aliphatic heterocycles. The van der Waals surface area contributed by atoms with Crippen LogP contribution in [0.4, 0.5) is 0 Å². The molecule has 1 saturated heterocycles. The SMILES string of the molecule is N#CC1CN(C(=O)c2cccc(-n3cccn3)c2)CCN1C1CC1. The van der Waals surface area contributed by atoms with E-state index in [9.17, 15) is 10.1 Å². The van der Waals surface area contributed by atoms with E-state index in [0.29, 0.717) is 24.7 Å². The van der Waals surface area contributed by atoms with Gasteiger partial charge in [-0.25, -0.2) is 4.68 Å². The van der Waals surface area contributed by atoms with Crippen LogP contribution in [0.15, 0.2) is 42.7 Å². The molecule has 0 bridgehead atoms. The van der Waals surface area contributed by atoms with E-state index in [1.165, 1.54) is 12.8 Å². The molecule has 2 heterocycles. The van der Waals surface area contributed by atoms with E-state index >= 15 is 0 Å². The molecule has 6 nitrogen and oxygen atoms in total. The zero-order valence-corrected chi connectivity index (χ0v) is 13.4. The maximum Gasteiger partial charge on any atom is 0.254 e. The molecule has 1 atom stereocenters. The lowest BCUT2D eigenvalue weighted by Crippen LogP contribution is -2.54. The van der Waals surface area contributed by atoms with Gasteiger partial charge in [-0.1, -0.05) is 6.07 Å². The van der Waals surface area contributed by atoms with Gasteiger partial charge in [0.15, 0.2) is 0 Å². The van der Waals surface area contributed by atoms with Gasteiger partial charge in [-0.2, -0.15) is 10.4 Å². The topological polar surface area (TPSA) is 65.2 Å². The van der Waals surface area contributed by atoms with Crippen LogP contribution in [0.2, 0.25) is 0 Å². The van der Waals surface area contributed by atoms with Crippen LogP contribution in [-0.2, 0) is 0 Å². The van der Waals surface area contributed by atoms with Gasteiger partial charge in [-0.05, 0) is 37.1 Å². The molecule has 1 aromatic carbocycles. The van der Waals surface area contributed by atoms with Gasteiger partial charge in [0.25, 0.3) is 5.91 Å². The minimum absolute atomic E-state index is 0.0142. The molecule has 1 amide bonds. The average molecular weight is 321 g/mol. The van der Waals surface area contributed by atoms with Gasteiger partial charge in [-0.3, -0.25) is 9.69 Å². The lowest BCUT2D eigenvalue weighted by molar-refractivity contribution is 0.0550. The first-order valence-electron chi connectivity index (χ1n) is 8.31. The number of carbonyl (C=O) groups excluding carboxylic acids is 1. The summed E-state index contributed by atoms with van der Waals surface area (Å²) in [6.45, 7) is 1.95. The Morgan fingerprint density at radius 2 is 2.12 bits per heavy atom. The number of hydrogen-bond donors (Lipinski definition) is 0. The zero-order valence-electron chi connectivity index (χ0n) is 13.4. The molecule has 0 spiro atoms. The minimum Gasteiger partial charge on any atom is -0.335 e. The van der Waals surface area contributed by atoms with Crippen LogP contribution in [-0.4, -0.2) is 57.2 Å². The normalized spacial score (nSPS) is 21.5. The Morgan fingerprint density at radius 3 is 2.83 bits per heavy atom. The predicted octanol–water partition coefficient (Wildman–Crippen LogP) is 1.68. The Hall–Kier alpha value is -2.65. The van der Waals surface area contributed by atoms with Crippen LogP contribution in [0.1, 0.15) is 23.2 Å². The highest BCUT2D eigenvalue weighted by Crippen LogP contribution is 2.30. The number of nitrogens with zero attached hydrogens (tertiary/aromatic N) is 5. The molecule has 0 radical (unpaired) electrons. The molecule has 2 fully saturated rings. The first-order chi connectivity index (χ1) is 11.8. The van der Waals surface area contributed by atoms with E-state index < -0.39 is 0 Å². The van der Waals surface area contributed by atoms with Crippen LogP contribution in [0.5, 0.6) is 0 Å². The second-order valence-electron chi connectivity index (χ2n) is 6.37. The molecule has 1 saturated carbocycles. The third-order valence-corrected chi connectivity index (χ3v) is 4.74. The maximum absolute atomic E-state index is 12.8. The number of piperazine rings is 1. The number of amides is 1. The smallest absolute Gasteiger partial charge is 0.254 e. The van der Waals surface area contributed by atoms with E-state index in [1.54, 1.807) is 15.8 Å². The number of carbonyl (C=O) groups is 1. The standard InChI is InChI=1S/C18H19N5O/c19-12-17-13-21(9-10-22(17)15-5-6-15)18(24)14-3-1-4-16(11-14)23-8-2-7-20-23/h1-4,7-8,11,15,17H,5-6,9-10,13H2. The fraction of sp³-hybridized carbons (Fsp3) is 0.389. The van der Waals surface area contributed by atoms with Crippen molar-refractivity contribution in [1.82, 2.24) is 19.6 Å². The van der Waals surface area contributed by atoms with Crippen LogP contribution in [0.3, 0.4) is 0 Å². The van der Waals surface area contributed by atoms with Gasteiger partial charge in [-0.15, -0.1) is 0 Å². The largest absolute Gasteiger partial charge is 0.335 e. The second-order valence-corrected chi connectivity index (χ2v) is 6.37. The molecule has 2 aromatic rings. The second kappa shape index (κ2) is 6.10. The predicted molar refractivity (Wildman–Crippen MR) is 88.6 cm³/mol. The van der Waals surface area contributed by atoms with Crippen molar-refractivity contribution in [3.8, 4) is 11.8 Å². The van der Waals surface area contributed by atoms with Crippen molar-refractivity contribution in [2.24, 2.45) is 0 Å². The molecular weight excluding hydrogens is 302 g/mol. The van der Waals surface area contributed by atoms with Crippen molar-refractivity contribution in [3.63, 3.8) is 0 Å². The van der Waals surface area contributed by atoms with Crippen LogP contribution in [0, 0.1) is 11.3 Å². The Kier molecular flexibility index (Phi) is 3.79. The molecule has 2 aliphatic rings. The molecule has 1 aliphatic carbocycles. The number of rotatable bonds is 3. The van der Waals surface area contributed by atoms with Crippen molar-refractivity contribution in [3.05, 3.63) is 48.3 Å². The van der Waals surface area contributed by atoms with Gasteiger partial charge >= 0.3 is 0 Å². The van der Waals surface area contributed by atoms with Gasteiger partial charge in [0, 0.05) is 43.6 Å². The third kappa shape index (κ3) is 2.79. The van der Waals surface area contributed by atoms with Crippen molar-refractivity contribution in [1.29, 1.82) is 5.26 Å². The monoisotopic (exact) mass is 321 g/mol. The highest BCUT2D eigenvalue weighted by atomic mass is 16.2. The first kappa shape index (κ1) is 14.9. The molecule has 6 heteroatoms. The fourth-order valence-electron chi connectivity index (χ4n) is 3.33. The lowest BCUT2D eigenvalue weighted by atomic mass is 10.1. The zero-order chi connectivity index (χ0) is 16.5. The Balaban J connectivity index is 1.52. The van der Waals surface area contributed by atoms with Gasteiger partial charge in [0.05, 0.1) is 11.8 Å². The van der Waals surface area contributed by atoms with E-state index in [4.69, 9.17) is 0 Å². The minimum atomic E-state index is -0.190. The number of hydrogen-bond acceptors (Lipinski definition) is 4. The molecule has 122 valence electrons. The van der Waals surface area contributed by atoms with E-state index in [2.05, 4.69) is 16.1 Å². The summed E-state index contributed by atoms with van der Waals surface area (Å²) in [6, 6.07) is 12.0. The number of nitriles is 1. The van der Waals surface area contributed by atoms with Crippen molar-refractivity contribution < 1.29 is 4.79 Å². The Bertz CT molecular complexity index is 775. The molecular formula is C18H19N5O. The lowest BCUT2D eigenvalue weighted by Gasteiger charge is -2.38. The Morgan fingerprint density at radius 1 is 1.25 bits per heavy atom. The summed E-state index contributed by atoms with van der Waals surface area (Å²) in [7, 11) is 0. The van der Waals surface area contributed by atoms with Crippen LogP contribution < -0.4 is 0 Å². The first-order valence-corrected chi connectivity index (χ1v) is 8.31. The van der Waals surface area contributed by atoms with Gasteiger partial charge < -0.3 is 4.90 Å². The summed E-state index contributed by atoms with van der Waals surface area (Å²) in [4.78, 5) is 16.9.